The molecule has 0 spiro atoms. The summed E-state index contributed by atoms with van der Waals surface area (Å²) in [6.45, 7) is 1.40. The second-order valence-corrected chi connectivity index (χ2v) is 4.04. The van der Waals surface area contributed by atoms with Crippen molar-refractivity contribution in [2.24, 2.45) is 0 Å². The molecule has 1 aliphatic rings. The van der Waals surface area contributed by atoms with E-state index in [2.05, 4.69) is 4.98 Å². The number of aliphatic hydroxyl groups is 1. The van der Waals surface area contributed by atoms with Crippen molar-refractivity contribution in [3.05, 3.63) is 30.1 Å². The molecule has 1 aliphatic heterocycles. The predicted molar refractivity (Wildman–Crippen MR) is 60.7 cm³/mol. The Labute approximate surface area is 104 Å². The van der Waals surface area contributed by atoms with Crippen LogP contribution in [0, 0.1) is 0 Å². The molecule has 98 valence electrons. The van der Waals surface area contributed by atoms with E-state index in [0.717, 1.165) is 0 Å². The summed E-state index contributed by atoms with van der Waals surface area (Å²) in [5.74, 6) is -2.35. The van der Waals surface area contributed by atoms with Gasteiger partial charge < -0.3 is 19.7 Å². The van der Waals surface area contributed by atoms with Crippen molar-refractivity contribution < 1.29 is 24.5 Å². The lowest BCUT2D eigenvalue weighted by Crippen LogP contribution is -2.33. The number of carboxylic acids is 1. The van der Waals surface area contributed by atoms with Gasteiger partial charge in [0, 0.05) is 12.6 Å². The van der Waals surface area contributed by atoms with Crippen LogP contribution in [0.25, 0.3) is 0 Å². The highest BCUT2D eigenvalue weighted by molar-refractivity contribution is 5.73. The zero-order valence-corrected chi connectivity index (χ0v) is 9.94. The van der Waals surface area contributed by atoms with Gasteiger partial charge in [0.1, 0.15) is 6.10 Å². The van der Waals surface area contributed by atoms with Crippen LogP contribution in [0.5, 0.6) is 0 Å². The molecule has 6 heteroatoms. The molecule has 2 rings (SSSR count). The van der Waals surface area contributed by atoms with E-state index in [4.69, 9.17) is 14.6 Å². The van der Waals surface area contributed by atoms with E-state index in [1.54, 1.807) is 24.4 Å². The minimum Gasteiger partial charge on any atom is -0.479 e. The molecule has 18 heavy (non-hydrogen) atoms. The highest BCUT2D eigenvalue weighted by Crippen LogP contribution is 2.39. The number of carboxylic acid groups (broad SMARTS) is 1. The van der Waals surface area contributed by atoms with Gasteiger partial charge in [-0.15, -0.1) is 0 Å². The Morgan fingerprint density at radius 3 is 2.72 bits per heavy atom. The molecule has 0 bridgehead atoms. The number of aromatic nitrogens is 1. The molecule has 1 aromatic rings. The van der Waals surface area contributed by atoms with E-state index < -0.39 is 30.6 Å². The zero-order valence-electron chi connectivity index (χ0n) is 9.94. The van der Waals surface area contributed by atoms with Gasteiger partial charge in [0.15, 0.2) is 6.10 Å². The van der Waals surface area contributed by atoms with E-state index >= 15 is 0 Å². The fourth-order valence-electron chi connectivity index (χ4n) is 2.01. The monoisotopic (exact) mass is 253 g/mol. The van der Waals surface area contributed by atoms with Gasteiger partial charge >= 0.3 is 5.97 Å². The number of aliphatic hydroxyl groups excluding tert-OH is 1. The molecule has 6 nitrogen and oxygen atoms in total. The Morgan fingerprint density at radius 1 is 1.50 bits per heavy atom. The molecule has 2 heterocycles. The van der Waals surface area contributed by atoms with E-state index in [1.165, 1.54) is 0 Å². The van der Waals surface area contributed by atoms with Crippen molar-refractivity contribution in [3.63, 3.8) is 0 Å². The lowest BCUT2D eigenvalue weighted by atomic mass is 10.1. The third-order valence-electron chi connectivity index (χ3n) is 2.94. The summed E-state index contributed by atoms with van der Waals surface area (Å²) < 4.78 is 11.1. The first kappa shape index (κ1) is 12.9. The van der Waals surface area contributed by atoms with E-state index in [-0.39, 0.29) is 0 Å². The number of carbonyl (C=O) groups is 1. The number of aliphatic carboxylic acids is 1. The fraction of sp³-hybridized carbons (Fsp3) is 0.500. The number of ether oxygens (including phenoxy) is 2. The molecule has 0 aliphatic carbocycles. The Bertz CT molecular complexity index is 424. The van der Waals surface area contributed by atoms with Gasteiger partial charge in [-0.3, -0.25) is 4.98 Å². The maximum atomic E-state index is 11.1. The Morgan fingerprint density at radius 2 is 2.28 bits per heavy atom. The lowest BCUT2D eigenvalue weighted by Gasteiger charge is -2.25. The van der Waals surface area contributed by atoms with Crippen molar-refractivity contribution >= 4 is 5.97 Å². The summed E-state index contributed by atoms with van der Waals surface area (Å²) in [6, 6.07) is 5.23. The van der Waals surface area contributed by atoms with Crippen molar-refractivity contribution in [2.45, 2.75) is 31.3 Å². The van der Waals surface area contributed by atoms with Gasteiger partial charge in [-0.2, -0.15) is 0 Å². The van der Waals surface area contributed by atoms with E-state index in [9.17, 15) is 9.90 Å². The van der Waals surface area contributed by atoms with Crippen LogP contribution in [-0.2, 0) is 20.1 Å². The molecular weight excluding hydrogens is 238 g/mol. The van der Waals surface area contributed by atoms with Gasteiger partial charge in [0.2, 0.25) is 5.79 Å². The smallest absolute Gasteiger partial charge is 0.335 e. The summed E-state index contributed by atoms with van der Waals surface area (Å²) in [5, 5.41) is 18.2. The van der Waals surface area contributed by atoms with Gasteiger partial charge in [0.25, 0.3) is 0 Å². The quantitative estimate of drug-likeness (QED) is 0.812. The third-order valence-corrected chi connectivity index (χ3v) is 2.94. The van der Waals surface area contributed by atoms with Crippen LogP contribution < -0.4 is 0 Å². The summed E-state index contributed by atoms with van der Waals surface area (Å²) >= 11 is 0. The fourth-order valence-corrected chi connectivity index (χ4v) is 2.01. The second-order valence-electron chi connectivity index (χ2n) is 4.04. The highest BCUT2D eigenvalue weighted by Gasteiger charge is 2.51. The maximum absolute atomic E-state index is 11.1. The first-order valence-electron chi connectivity index (χ1n) is 5.74. The lowest BCUT2D eigenvalue weighted by molar-refractivity contribution is -0.196. The third kappa shape index (κ3) is 2.10. The Hall–Kier alpha value is -1.50. The molecule has 0 aromatic carbocycles. The topological polar surface area (TPSA) is 88.9 Å². The first-order chi connectivity index (χ1) is 8.63. The standard InChI is InChI=1S/C12H15NO5/c1-2-12(9-5-3-4-6-13-9)17-8(7-14)10(18-12)11(15)16/h3-6,8,10,14H,2,7H2,1H3,(H,15,16). The van der Waals surface area contributed by atoms with Crippen LogP contribution in [0.2, 0.25) is 0 Å². The van der Waals surface area contributed by atoms with E-state index in [0.29, 0.717) is 12.1 Å². The normalized spacial score (nSPS) is 31.4. The minimum atomic E-state index is -1.20. The van der Waals surface area contributed by atoms with Crippen LogP contribution in [0.3, 0.4) is 0 Å². The average Bonchev–Trinajstić information content (AvgIpc) is 2.80. The van der Waals surface area contributed by atoms with Gasteiger partial charge in [-0.05, 0) is 12.1 Å². The van der Waals surface area contributed by atoms with Crippen LogP contribution in [0.15, 0.2) is 24.4 Å². The van der Waals surface area contributed by atoms with Gasteiger partial charge in [-0.1, -0.05) is 13.0 Å². The summed E-state index contributed by atoms with van der Waals surface area (Å²) in [4.78, 5) is 15.2. The molecular formula is C12H15NO5. The Balaban J connectivity index is 2.33. The van der Waals surface area contributed by atoms with Crippen molar-refractivity contribution in [1.82, 2.24) is 4.98 Å². The first-order valence-corrected chi connectivity index (χ1v) is 5.74. The predicted octanol–water partition coefficient (Wildman–Crippen LogP) is 0.505. The summed E-state index contributed by atoms with van der Waals surface area (Å²) in [6.07, 6.45) is -0.0763. The number of nitrogens with zero attached hydrogens (tertiary/aromatic N) is 1. The number of hydrogen-bond donors (Lipinski definition) is 2. The Kier molecular flexibility index (Phi) is 3.60. The average molecular weight is 253 g/mol. The van der Waals surface area contributed by atoms with Crippen LogP contribution in [-0.4, -0.2) is 40.0 Å². The molecule has 0 radical (unpaired) electrons. The van der Waals surface area contributed by atoms with E-state index in [1.807, 2.05) is 6.92 Å². The van der Waals surface area contributed by atoms with Crippen molar-refractivity contribution in [2.75, 3.05) is 6.61 Å². The minimum absolute atomic E-state index is 0.407. The number of hydrogen-bond acceptors (Lipinski definition) is 5. The largest absolute Gasteiger partial charge is 0.479 e. The SMILES string of the molecule is CCC1(c2ccccn2)OC(CO)C(C(=O)O)O1. The van der Waals surface area contributed by atoms with Crippen molar-refractivity contribution in [3.8, 4) is 0 Å². The number of pyridine rings is 1. The van der Waals surface area contributed by atoms with Crippen LogP contribution in [0.4, 0.5) is 0 Å². The van der Waals surface area contributed by atoms with Crippen LogP contribution >= 0.6 is 0 Å². The summed E-state index contributed by atoms with van der Waals surface area (Å²) in [5.41, 5.74) is 0.509. The number of rotatable bonds is 4. The molecule has 1 aromatic heterocycles. The summed E-state index contributed by atoms with van der Waals surface area (Å²) in [7, 11) is 0. The maximum Gasteiger partial charge on any atom is 0.335 e. The molecule has 3 atom stereocenters. The molecule has 0 saturated carbocycles. The van der Waals surface area contributed by atoms with Crippen molar-refractivity contribution in [1.29, 1.82) is 0 Å². The molecule has 1 saturated heterocycles. The highest BCUT2D eigenvalue weighted by atomic mass is 16.8. The second kappa shape index (κ2) is 5.01. The molecule has 1 fully saturated rings. The van der Waals surface area contributed by atoms with Crippen LogP contribution in [0.1, 0.15) is 19.0 Å². The molecule has 2 N–H and O–H groups in total. The van der Waals surface area contributed by atoms with Gasteiger partial charge in [0.05, 0.1) is 12.3 Å². The molecule has 0 amide bonds. The zero-order chi connectivity index (χ0) is 13.2. The molecule has 3 unspecified atom stereocenters. The van der Waals surface area contributed by atoms with Gasteiger partial charge in [-0.25, -0.2) is 4.79 Å².